The van der Waals surface area contributed by atoms with Gasteiger partial charge < -0.3 is 35.4 Å². The normalized spacial score (nSPS) is 10.8. The largest absolute Gasteiger partial charge is 0.404 e. The van der Waals surface area contributed by atoms with E-state index < -0.39 is 21.7 Å². The molecule has 18 heteroatoms. The molecule has 0 atom stereocenters. The van der Waals surface area contributed by atoms with Crippen molar-refractivity contribution in [2.45, 2.75) is 26.9 Å². The lowest BCUT2D eigenvalue weighted by Gasteiger charge is -2.05. The lowest BCUT2D eigenvalue weighted by molar-refractivity contribution is -0.390. The Bertz CT molecular complexity index is 1260. The molecule has 0 fully saturated rings. The van der Waals surface area contributed by atoms with Crippen LogP contribution in [0, 0.1) is 34.1 Å². The lowest BCUT2D eigenvalue weighted by Crippen LogP contribution is -2.36. The van der Waals surface area contributed by atoms with Crippen molar-refractivity contribution in [2.75, 3.05) is 13.1 Å². The summed E-state index contributed by atoms with van der Waals surface area (Å²) in [4.78, 5) is 48.5. The van der Waals surface area contributed by atoms with E-state index in [1.165, 1.54) is 15.4 Å². The van der Waals surface area contributed by atoms with Crippen LogP contribution in [0.4, 0.5) is 11.6 Å². The summed E-state index contributed by atoms with van der Waals surface area (Å²) in [5, 5.41) is 38.0. The van der Waals surface area contributed by atoms with Gasteiger partial charge in [-0.15, -0.1) is 0 Å². The fourth-order valence-electron chi connectivity index (χ4n) is 2.71. The molecule has 0 aliphatic heterocycles. The number of carbonyl (C=O) groups excluding carboxylic acids is 2. The van der Waals surface area contributed by atoms with Crippen molar-refractivity contribution in [1.82, 2.24) is 40.3 Å². The van der Waals surface area contributed by atoms with Crippen LogP contribution in [0.5, 0.6) is 0 Å². The van der Waals surface area contributed by atoms with E-state index >= 15 is 0 Å². The van der Waals surface area contributed by atoms with Gasteiger partial charge in [-0.1, -0.05) is 5.16 Å². The zero-order valence-electron chi connectivity index (χ0n) is 17.7. The van der Waals surface area contributed by atoms with Crippen molar-refractivity contribution in [3.05, 3.63) is 53.9 Å². The van der Waals surface area contributed by atoms with E-state index in [-0.39, 0.29) is 54.0 Å². The number of amides is 2. The third kappa shape index (κ3) is 5.57. The molecule has 17 nitrogen and oxygen atoms in total. The smallest absolute Gasteiger partial charge is 0.358 e. The van der Waals surface area contributed by atoms with E-state index in [0.29, 0.717) is 11.4 Å². The van der Waals surface area contributed by atoms with E-state index in [1.54, 1.807) is 13.8 Å². The maximum atomic E-state index is 12.2. The molecule has 0 saturated heterocycles. The van der Waals surface area contributed by atoms with Gasteiger partial charge in [0, 0.05) is 13.1 Å². The molecule has 0 spiro atoms. The molecule has 3 heterocycles. The van der Waals surface area contributed by atoms with Crippen LogP contribution in [-0.4, -0.2) is 64.5 Å². The van der Waals surface area contributed by atoms with E-state index in [1.807, 2.05) is 0 Å². The Labute approximate surface area is 197 Å². The van der Waals surface area contributed by atoms with Crippen LogP contribution >= 0.6 is 15.9 Å². The number of aromatic nitrogens is 6. The molecule has 3 aromatic heterocycles. The number of hydrogen-bond acceptors (Lipinski definition) is 11. The lowest BCUT2D eigenvalue weighted by atomic mass is 10.4. The van der Waals surface area contributed by atoms with Crippen LogP contribution in [0.3, 0.4) is 0 Å². The summed E-state index contributed by atoms with van der Waals surface area (Å²) in [6.07, 6.45) is 0. The summed E-state index contributed by atoms with van der Waals surface area (Å²) in [5.41, 5.74) is 0.924. The van der Waals surface area contributed by atoms with Crippen LogP contribution in [0.25, 0.3) is 0 Å². The fraction of sp³-hybridized carbons (Fsp3) is 0.375. The second-order valence-electron chi connectivity index (χ2n) is 6.82. The van der Waals surface area contributed by atoms with Crippen molar-refractivity contribution in [3.8, 4) is 0 Å². The molecule has 2 N–H and O–H groups in total. The van der Waals surface area contributed by atoms with Gasteiger partial charge in [-0.25, -0.2) is 0 Å². The minimum absolute atomic E-state index is 0.0396. The molecule has 0 saturated carbocycles. The predicted octanol–water partition coefficient (Wildman–Crippen LogP) is 0.253. The van der Waals surface area contributed by atoms with Crippen LogP contribution in [0.2, 0.25) is 0 Å². The first-order chi connectivity index (χ1) is 16.1. The molecule has 34 heavy (non-hydrogen) atoms. The number of hydrogen-bond donors (Lipinski definition) is 2. The summed E-state index contributed by atoms with van der Waals surface area (Å²) in [6, 6.07) is 1.25. The summed E-state index contributed by atoms with van der Waals surface area (Å²) < 4.78 is 7.61. The third-order valence-electron chi connectivity index (χ3n) is 4.42. The summed E-state index contributed by atoms with van der Waals surface area (Å²) >= 11 is 3.10. The van der Waals surface area contributed by atoms with Gasteiger partial charge in [0.1, 0.15) is 17.6 Å². The molecule has 0 aliphatic rings. The van der Waals surface area contributed by atoms with Gasteiger partial charge in [0.05, 0.1) is 27.7 Å². The van der Waals surface area contributed by atoms with E-state index in [2.05, 4.69) is 46.9 Å². The van der Waals surface area contributed by atoms with Gasteiger partial charge in [0.2, 0.25) is 5.91 Å². The average molecular weight is 541 g/mol. The van der Waals surface area contributed by atoms with Crippen LogP contribution < -0.4 is 10.6 Å². The number of halogens is 1. The molecule has 0 unspecified atom stereocenters. The summed E-state index contributed by atoms with van der Waals surface area (Å²) in [5.74, 6) is -2.11. The molecule has 2 amide bonds. The van der Waals surface area contributed by atoms with Crippen LogP contribution in [0.15, 0.2) is 15.1 Å². The maximum absolute atomic E-state index is 12.2. The summed E-state index contributed by atoms with van der Waals surface area (Å²) in [7, 11) is 0. The molecular weight excluding hydrogens is 524 g/mol. The quantitative estimate of drug-likeness (QED) is 0.201. The molecule has 3 rings (SSSR count). The second kappa shape index (κ2) is 10.1. The number of nitro groups is 2. The molecule has 0 bridgehead atoms. The van der Waals surface area contributed by atoms with Crippen molar-refractivity contribution in [2.24, 2.45) is 0 Å². The van der Waals surface area contributed by atoms with E-state index in [9.17, 15) is 29.8 Å². The highest BCUT2D eigenvalue weighted by Gasteiger charge is 2.25. The third-order valence-corrected chi connectivity index (χ3v) is 5.35. The Balaban J connectivity index is 1.46. The van der Waals surface area contributed by atoms with Crippen molar-refractivity contribution >= 4 is 39.4 Å². The van der Waals surface area contributed by atoms with Crippen LogP contribution in [-0.2, 0) is 17.9 Å². The highest BCUT2D eigenvalue weighted by Crippen LogP contribution is 2.27. The Kier molecular flexibility index (Phi) is 7.29. The molecule has 0 aromatic carbocycles. The fourth-order valence-corrected chi connectivity index (χ4v) is 3.14. The number of nitrogens with zero attached hydrogens (tertiary/aromatic N) is 8. The van der Waals surface area contributed by atoms with Gasteiger partial charge in [-0.05, 0) is 39.6 Å². The number of carbonyl (C=O) groups is 2. The SMILES string of the molecule is Cc1cc([N+](=O)[O-])nn1CC(=O)NCCNC(=O)c1nc(Cn2nc([N+](=O)[O-])c(Br)c2C)no1. The molecule has 0 aliphatic carbocycles. The first-order valence-electron chi connectivity index (χ1n) is 9.50. The van der Waals surface area contributed by atoms with Gasteiger partial charge in [0.25, 0.3) is 0 Å². The maximum Gasteiger partial charge on any atom is 0.404 e. The molecule has 0 radical (unpaired) electrons. The Hall–Kier alpha value is -4.22. The number of nitrogens with one attached hydrogen (secondary N) is 2. The van der Waals surface area contributed by atoms with Crippen molar-refractivity contribution in [1.29, 1.82) is 0 Å². The number of rotatable bonds is 10. The Morgan fingerprint density at radius 2 is 1.82 bits per heavy atom. The predicted molar refractivity (Wildman–Crippen MR) is 114 cm³/mol. The number of aryl methyl sites for hydroxylation is 1. The first-order valence-corrected chi connectivity index (χ1v) is 10.3. The minimum atomic E-state index is -0.684. The Morgan fingerprint density at radius 1 is 1.12 bits per heavy atom. The monoisotopic (exact) mass is 540 g/mol. The minimum Gasteiger partial charge on any atom is -0.358 e. The average Bonchev–Trinajstić information content (AvgIpc) is 3.46. The topological polar surface area (TPSA) is 219 Å². The summed E-state index contributed by atoms with van der Waals surface area (Å²) in [6.45, 7) is 3.02. The van der Waals surface area contributed by atoms with Crippen LogP contribution in [0.1, 0.15) is 27.9 Å². The zero-order valence-corrected chi connectivity index (χ0v) is 19.3. The zero-order chi connectivity index (χ0) is 25.0. The van der Waals surface area contributed by atoms with Gasteiger partial charge >= 0.3 is 23.4 Å². The van der Waals surface area contributed by atoms with Crippen molar-refractivity contribution < 1.29 is 24.0 Å². The molecular formula is C16H17BrN10O7. The van der Waals surface area contributed by atoms with Gasteiger partial charge in [0.15, 0.2) is 5.82 Å². The second-order valence-corrected chi connectivity index (χ2v) is 7.61. The highest BCUT2D eigenvalue weighted by atomic mass is 79.9. The Morgan fingerprint density at radius 3 is 2.44 bits per heavy atom. The van der Waals surface area contributed by atoms with E-state index in [0.717, 1.165) is 0 Å². The van der Waals surface area contributed by atoms with Crippen molar-refractivity contribution in [3.63, 3.8) is 0 Å². The van der Waals surface area contributed by atoms with Gasteiger partial charge in [-0.3, -0.25) is 9.59 Å². The molecule has 3 aromatic rings. The molecule has 180 valence electrons. The van der Waals surface area contributed by atoms with E-state index in [4.69, 9.17) is 4.52 Å². The highest BCUT2D eigenvalue weighted by molar-refractivity contribution is 9.10. The van der Waals surface area contributed by atoms with Gasteiger partial charge in [-0.2, -0.15) is 14.3 Å². The first kappa shape index (κ1) is 24.4. The standard InChI is InChI=1S/C16H17BrN10O7/c1-8-5-11(26(30)31)21-24(8)7-12(28)18-3-4-19-15(29)16-20-10(23-34-16)6-25-9(2)13(17)14(22-25)27(32)33/h5H,3-4,6-7H2,1-2H3,(H,18,28)(H,19,29).